The molecule has 3 rings (SSSR count). The minimum absolute atomic E-state index is 0.192. The predicted octanol–water partition coefficient (Wildman–Crippen LogP) is 2.06. The molecule has 7 heteroatoms. The van der Waals surface area contributed by atoms with Crippen LogP contribution in [0, 0.1) is 20.8 Å². The Morgan fingerprint density at radius 1 is 1.12 bits per heavy atom. The fourth-order valence-corrected chi connectivity index (χ4v) is 3.21. The van der Waals surface area contributed by atoms with Gasteiger partial charge in [-0.25, -0.2) is 0 Å². The lowest BCUT2D eigenvalue weighted by Gasteiger charge is -2.22. The number of carbonyl (C=O) groups is 1. The second-order valence-corrected chi connectivity index (χ2v) is 6.56. The number of anilines is 1. The van der Waals surface area contributed by atoms with E-state index in [0.29, 0.717) is 12.8 Å². The largest absolute Gasteiger partial charge is 0.361 e. The monoisotopic (exact) mass is 343 g/mol. The van der Waals surface area contributed by atoms with Gasteiger partial charge in [0.2, 0.25) is 5.91 Å². The molecule has 3 heterocycles. The summed E-state index contributed by atoms with van der Waals surface area (Å²) in [5, 5.41) is 12.3. The van der Waals surface area contributed by atoms with Crippen LogP contribution in [0.5, 0.6) is 0 Å². The van der Waals surface area contributed by atoms with E-state index in [1.165, 1.54) is 0 Å². The summed E-state index contributed by atoms with van der Waals surface area (Å²) >= 11 is 0. The highest BCUT2D eigenvalue weighted by Gasteiger charge is 2.21. The predicted molar refractivity (Wildman–Crippen MR) is 94.5 cm³/mol. The van der Waals surface area contributed by atoms with Crippen molar-refractivity contribution in [3.63, 3.8) is 0 Å². The lowest BCUT2D eigenvalue weighted by Crippen LogP contribution is -2.35. The summed E-state index contributed by atoms with van der Waals surface area (Å²) in [5.41, 5.74) is 2.85. The van der Waals surface area contributed by atoms with E-state index < -0.39 is 0 Å². The molecule has 0 spiro atoms. The molecule has 0 bridgehead atoms. The van der Waals surface area contributed by atoms with Gasteiger partial charge in [-0.3, -0.25) is 4.79 Å². The Balaban J connectivity index is 1.55. The molecule has 2 aromatic rings. The molecule has 134 valence electrons. The van der Waals surface area contributed by atoms with Crippen LogP contribution >= 0.6 is 0 Å². The van der Waals surface area contributed by atoms with Crippen molar-refractivity contribution in [2.75, 3.05) is 31.1 Å². The SMILES string of the molecule is Cc1ccc(N2CCCN(C(=O)CCc3c(C)noc3C)CC2)nn1. The molecule has 7 nitrogen and oxygen atoms in total. The third kappa shape index (κ3) is 4.15. The number of rotatable bonds is 4. The molecular weight excluding hydrogens is 318 g/mol. The summed E-state index contributed by atoms with van der Waals surface area (Å²) in [5.74, 6) is 1.89. The van der Waals surface area contributed by atoms with Crippen LogP contribution in [0.3, 0.4) is 0 Å². The molecule has 1 fully saturated rings. The molecule has 0 atom stereocenters. The molecule has 1 saturated heterocycles. The standard InChI is InChI=1S/C18H25N5O2/c1-13-5-7-17(20-19-13)22-9-4-10-23(12-11-22)18(24)8-6-16-14(2)21-25-15(16)3/h5,7H,4,6,8-12H2,1-3H3. The Hall–Kier alpha value is -2.44. The highest BCUT2D eigenvalue weighted by molar-refractivity contribution is 5.76. The van der Waals surface area contributed by atoms with E-state index in [0.717, 1.165) is 61.1 Å². The van der Waals surface area contributed by atoms with Crippen molar-refractivity contribution in [1.29, 1.82) is 0 Å². The second-order valence-electron chi connectivity index (χ2n) is 6.56. The first-order chi connectivity index (χ1) is 12.0. The Labute approximate surface area is 148 Å². The molecule has 0 unspecified atom stereocenters. The number of amides is 1. The molecule has 25 heavy (non-hydrogen) atoms. The minimum atomic E-state index is 0.192. The van der Waals surface area contributed by atoms with E-state index >= 15 is 0 Å². The third-order valence-electron chi connectivity index (χ3n) is 4.73. The van der Waals surface area contributed by atoms with Gasteiger partial charge in [-0.15, -0.1) is 5.10 Å². The molecule has 2 aromatic heterocycles. The zero-order chi connectivity index (χ0) is 17.8. The van der Waals surface area contributed by atoms with Crippen LogP contribution in [0.1, 0.15) is 35.6 Å². The fourth-order valence-electron chi connectivity index (χ4n) is 3.21. The van der Waals surface area contributed by atoms with Crippen LogP contribution in [0.4, 0.5) is 5.82 Å². The Bertz CT molecular complexity index is 706. The van der Waals surface area contributed by atoms with Gasteiger partial charge < -0.3 is 14.3 Å². The third-order valence-corrected chi connectivity index (χ3v) is 4.73. The van der Waals surface area contributed by atoms with E-state index in [4.69, 9.17) is 4.52 Å². The van der Waals surface area contributed by atoms with Crippen molar-refractivity contribution in [1.82, 2.24) is 20.3 Å². The summed E-state index contributed by atoms with van der Waals surface area (Å²) in [6.07, 6.45) is 2.11. The number of nitrogens with zero attached hydrogens (tertiary/aromatic N) is 5. The first-order valence-electron chi connectivity index (χ1n) is 8.79. The smallest absolute Gasteiger partial charge is 0.222 e. The zero-order valence-electron chi connectivity index (χ0n) is 15.2. The lowest BCUT2D eigenvalue weighted by atomic mass is 10.1. The number of hydrogen-bond acceptors (Lipinski definition) is 6. The van der Waals surface area contributed by atoms with E-state index in [9.17, 15) is 4.79 Å². The first-order valence-corrected chi connectivity index (χ1v) is 8.79. The summed E-state index contributed by atoms with van der Waals surface area (Å²) in [6, 6.07) is 3.97. The Morgan fingerprint density at radius 3 is 2.64 bits per heavy atom. The zero-order valence-corrected chi connectivity index (χ0v) is 15.2. The van der Waals surface area contributed by atoms with Gasteiger partial charge in [0.05, 0.1) is 11.4 Å². The summed E-state index contributed by atoms with van der Waals surface area (Å²) < 4.78 is 5.17. The van der Waals surface area contributed by atoms with E-state index in [2.05, 4.69) is 20.3 Å². The molecule has 0 N–H and O–H groups in total. The second kappa shape index (κ2) is 7.63. The molecule has 0 aromatic carbocycles. The molecule has 1 aliphatic heterocycles. The fraction of sp³-hybridized carbons (Fsp3) is 0.556. The normalized spacial score (nSPS) is 15.3. The van der Waals surface area contributed by atoms with Crippen LogP contribution in [0.15, 0.2) is 16.7 Å². The van der Waals surface area contributed by atoms with Crippen molar-refractivity contribution < 1.29 is 9.32 Å². The van der Waals surface area contributed by atoms with E-state index in [-0.39, 0.29) is 5.91 Å². The average molecular weight is 343 g/mol. The summed E-state index contributed by atoms with van der Waals surface area (Å²) in [6.45, 7) is 8.93. The van der Waals surface area contributed by atoms with E-state index in [1.54, 1.807) is 0 Å². The minimum Gasteiger partial charge on any atom is -0.361 e. The first kappa shape index (κ1) is 17.4. The molecule has 0 saturated carbocycles. The van der Waals surface area contributed by atoms with Crippen molar-refractivity contribution >= 4 is 11.7 Å². The maximum Gasteiger partial charge on any atom is 0.222 e. The van der Waals surface area contributed by atoms with Crippen LogP contribution in [0.25, 0.3) is 0 Å². The molecule has 1 aliphatic rings. The van der Waals surface area contributed by atoms with Crippen molar-refractivity contribution in [2.24, 2.45) is 0 Å². The maximum absolute atomic E-state index is 12.6. The molecule has 0 radical (unpaired) electrons. The van der Waals surface area contributed by atoms with Gasteiger partial charge in [0.25, 0.3) is 0 Å². The van der Waals surface area contributed by atoms with Crippen molar-refractivity contribution in [3.8, 4) is 0 Å². The van der Waals surface area contributed by atoms with Gasteiger partial charge >= 0.3 is 0 Å². The number of aryl methyl sites for hydroxylation is 3. The number of hydrogen-bond donors (Lipinski definition) is 0. The van der Waals surface area contributed by atoms with Crippen LogP contribution in [-0.4, -0.2) is 52.3 Å². The van der Waals surface area contributed by atoms with Gasteiger partial charge in [-0.2, -0.15) is 5.10 Å². The van der Waals surface area contributed by atoms with Crippen molar-refractivity contribution in [2.45, 2.75) is 40.0 Å². The molecular formula is C18H25N5O2. The van der Waals surface area contributed by atoms with Gasteiger partial charge in [-0.05, 0) is 45.7 Å². The van der Waals surface area contributed by atoms with Crippen LogP contribution < -0.4 is 4.90 Å². The quantitative estimate of drug-likeness (QED) is 0.846. The van der Waals surface area contributed by atoms with Crippen molar-refractivity contribution in [3.05, 3.63) is 34.8 Å². The summed E-state index contributed by atoms with van der Waals surface area (Å²) in [7, 11) is 0. The molecule has 1 amide bonds. The van der Waals surface area contributed by atoms with Gasteiger partial charge in [-0.1, -0.05) is 5.16 Å². The number of aromatic nitrogens is 3. The highest BCUT2D eigenvalue weighted by Crippen LogP contribution is 2.17. The Morgan fingerprint density at radius 2 is 1.96 bits per heavy atom. The topological polar surface area (TPSA) is 75.4 Å². The maximum atomic E-state index is 12.6. The van der Waals surface area contributed by atoms with Crippen LogP contribution in [0.2, 0.25) is 0 Å². The average Bonchev–Trinajstić information content (AvgIpc) is 2.80. The Kier molecular flexibility index (Phi) is 5.31. The lowest BCUT2D eigenvalue weighted by molar-refractivity contribution is -0.130. The van der Waals surface area contributed by atoms with Gasteiger partial charge in [0, 0.05) is 38.2 Å². The molecule has 0 aliphatic carbocycles. The van der Waals surface area contributed by atoms with Gasteiger partial charge in [0.1, 0.15) is 5.76 Å². The van der Waals surface area contributed by atoms with E-state index in [1.807, 2.05) is 37.8 Å². The van der Waals surface area contributed by atoms with Gasteiger partial charge in [0.15, 0.2) is 5.82 Å². The number of carbonyl (C=O) groups excluding carboxylic acids is 1. The highest BCUT2D eigenvalue weighted by atomic mass is 16.5. The summed E-state index contributed by atoms with van der Waals surface area (Å²) in [4.78, 5) is 16.7. The van der Waals surface area contributed by atoms with Crippen LogP contribution in [-0.2, 0) is 11.2 Å².